The molecule has 460 valence electrons. The average molecular weight is 1400 g/mol. The van der Waals surface area contributed by atoms with E-state index in [0.29, 0.717) is 11.5 Å². The summed E-state index contributed by atoms with van der Waals surface area (Å²) in [4.78, 5) is 10.3. The molecule has 0 amide bonds. The molecule has 0 saturated carbocycles. The van der Waals surface area contributed by atoms with Crippen molar-refractivity contribution < 1.29 is 24.1 Å². The van der Waals surface area contributed by atoms with Crippen molar-refractivity contribution in [2.75, 3.05) is 9.80 Å². The summed E-state index contributed by atoms with van der Waals surface area (Å²) in [5.74, 6) is 1.89. The molecule has 0 spiro atoms. The van der Waals surface area contributed by atoms with Gasteiger partial charge in [0, 0.05) is 23.0 Å². The second-order valence-electron chi connectivity index (χ2n) is 26.2. The second kappa shape index (κ2) is 24.4. The Morgan fingerprint density at radius 1 is 0.394 bits per heavy atom. The Morgan fingerprint density at radius 3 is 1.50 bits per heavy atom. The van der Waals surface area contributed by atoms with Crippen LogP contribution < -0.4 is 14.5 Å². The van der Waals surface area contributed by atoms with E-state index >= 15 is 0 Å². The number of aryl methyl sites for hydroxylation is 1. The molecule has 94 heavy (non-hydrogen) atoms. The molecule has 2 aromatic heterocycles. The Labute approximate surface area is 562 Å². The molecule has 12 aromatic carbocycles. The van der Waals surface area contributed by atoms with Gasteiger partial charge in [-0.3, -0.25) is 0 Å². The number of fused-ring (bicyclic) bond motifs is 7. The van der Waals surface area contributed by atoms with Gasteiger partial charge in [-0.15, -0.1) is 0 Å². The molecule has 0 radical (unpaired) electrons. The molecule has 6 nitrogen and oxygen atoms in total. The summed E-state index contributed by atoms with van der Waals surface area (Å²) in [6.07, 6.45) is 2.04. The Hall–Kier alpha value is -10.7. The fourth-order valence-electron chi connectivity index (χ4n) is 13.3. The minimum absolute atomic E-state index is 0.177. The first-order valence-corrected chi connectivity index (χ1v) is 33.2. The molecule has 0 fully saturated rings. The van der Waals surface area contributed by atoms with E-state index in [1.807, 2.05) is 12.3 Å². The van der Waals surface area contributed by atoms with Crippen LogP contribution in [0.4, 0.5) is 34.3 Å². The fraction of sp³-hybridized carbons (Fsp3) is 0.103. The number of hydrogen-bond acceptors (Lipinski definition) is 4. The number of pyridine rings is 1. The average Bonchev–Trinajstić information content (AvgIpc) is 1.35. The van der Waals surface area contributed by atoms with Gasteiger partial charge in [-0.25, -0.2) is 0 Å². The van der Waals surface area contributed by atoms with Gasteiger partial charge >= 0.3 is 332 Å². The summed E-state index contributed by atoms with van der Waals surface area (Å²) in [5, 5.41) is 0. The van der Waals surface area contributed by atoms with Gasteiger partial charge in [0.1, 0.15) is 0 Å². The van der Waals surface area contributed by atoms with Gasteiger partial charge in [-0.2, -0.15) is 0 Å². The van der Waals surface area contributed by atoms with Crippen LogP contribution in [0.2, 0.25) is 0 Å². The summed E-state index contributed by atoms with van der Waals surface area (Å²) in [6, 6.07) is 110. The van der Waals surface area contributed by atoms with Crippen molar-refractivity contribution in [2.24, 2.45) is 0 Å². The first-order valence-electron chi connectivity index (χ1n) is 32.1. The molecule has 0 aliphatic carbocycles. The molecule has 0 atom stereocenters. The number of para-hydroxylation sites is 6. The maximum atomic E-state index is 7.51. The Bertz CT molecular complexity index is 5160. The van der Waals surface area contributed by atoms with E-state index in [1.54, 1.807) is 0 Å². The van der Waals surface area contributed by atoms with Gasteiger partial charge in [-0.1, -0.05) is 130 Å². The number of imidazole rings is 1. The number of aromatic nitrogens is 3. The SMILES string of the molecule is Cc1cc(N2c3[c-]c(Oc4[c-]c(-n5[c](=[Pt])n(-c6c(-c7ccccc7)cccc6-c6ccccc6)c6ccccc65)ccc4)c(C(C)(C)C)cc3-c3ccccc3N(c3ccccc3)c3ccccc3-c3cc(C(C)(C)C)ccc32)ncc1-c1ccc(-c2ccccc2)cc1. The number of ether oxygens (including phenoxy) is 1. The predicted molar refractivity (Wildman–Crippen MR) is 386 cm³/mol. The zero-order valence-corrected chi connectivity index (χ0v) is 55.9. The minimum Gasteiger partial charge on any atom is -0.0622 e. The van der Waals surface area contributed by atoms with E-state index in [1.165, 1.54) is 16.7 Å². The molecular weight excluding hydrogens is 1330 g/mol. The van der Waals surface area contributed by atoms with Gasteiger partial charge in [-0.05, 0) is 70.5 Å². The van der Waals surface area contributed by atoms with Crippen molar-refractivity contribution >= 4 is 45.3 Å². The van der Waals surface area contributed by atoms with E-state index in [9.17, 15) is 0 Å². The molecule has 0 unspecified atom stereocenters. The standard InChI is InChI=1S/C87H69N5O.Pt/c1-59-52-84(88-57-75(59)64-48-46-61(47-49-64)60-28-12-8-13-29-60)92-79-51-50-65(86(2,3)4)53-73(79)71-38-20-22-42-77(71)91(66-34-18-11-19-35-66)78-43-23-21-39-72(78)74-55-76(87(5,6)7)83(56-82(74)92)93-68-37-26-36-67(54-68)89-58-90(81-45-25-24-44-80(81)89)85-69(62-30-14-9-15-31-62)40-27-41-70(85)63-32-16-10-17-33-63;/h8-53,55,57H,1-7H3;/q-2;. The van der Waals surface area contributed by atoms with Crippen LogP contribution in [0.15, 0.2) is 291 Å². The number of nitrogens with zero attached hydrogens (tertiary/aromatic N) is 5. The zero-order valence-electron chi connectivity index (χ0n) is 53.7. The van der Waals surface area contributed by atoms with Gasteiger partial charge in [0.15, 0.2) is 0 Å². The zero-order chi connectivity index (χ0) is 64.2. The maximum absolute atomic E-state index is 7.51. The van der Waals surface area contributed by atoms with Gasteiger partial charge in [0.05, 0.1) is 5.69 Å². The topological polar surface area (TPSA) is 38.5 Å². The summed E-state index contributed by atoms with van der Waals surface area (Å²) in [6.45, 7) is 15.8. The summed E-state index contributed by atoms with van der Waals surface area (Å²) in [7, 11) is 0. The molecule has 1 aliphatic rings. The van der Waals surface area contributed by atoms with Crippen LogP contribution in [0, 0.1) is 22.9 Å². The molecule has 0 N–H and O–H groups in total. The monoisotopic (exact) mass is 1390 g/mol. The molecule has 7 heteroatoms. The van der Waals surface area contributed by atoms with Crippen molar-refractivity contribution in [3.8, 4) is 89.6 Å². The van der Waals surface area contributed by atoms with Crippen molar-refractivity contribution in [3.05, 3.63) is 324 Å². The first-order chi connectivity index (χ1) is 45.7. The van der Waals surface area contributed by atoms with E-state index in [0.717, 1.165) is 127 Å². The smallest absolute Gasteiger partial charge is 0.0622 e. The van der Waals surface area contributed by atoms with Gasteiger partial charge in [0.25, 0.3) is 0 Å². The van der Waals surface area contributed by atoms with E-state index < -0.39 is 5.41 Å². The molecule has 3 heterocycles. The molecule has 14 aromatic rings. The molecule has 0 bridgehead atoms. The number of anilines is 6. The van der Waals surface area contributed by atoms with Crippen LogP contribution in [0.5, 0.6) is 11.5 Å². The van der Waals surface area contributed by atoms with Crippen molar-refractivity contribution in [2.45, 2.75) is 59.3 Å². The molecule has 15 rings (SSSR count). The summed E-state index contributed by atoms with van der Waals surface area (Å²) in [5.41, 5.74) is 24.7. The van der Waals surface area contributed by atoms with Crippen molar-refractivity contribution in [1.29, 1.82) is 0 Å². The van der Waals surface area contributed by atoms with Crippen LogP contribution in [0.3, 0.4) is 0 Å². The van der Waals surface area contributed by atoms with Crippen molar-refractivity contribution in [1.82, 2.24) is 14.1 Å². The number of hydrogen-bond donors (Lipinski definition) is 0. The summed E-state index contributed by atoms with van der Waals surface area (Å²) >= 11 is 2.51. The van der Waals surface area contributed by atoms with Crippen LogP contribution in [0.25, 0.3) is 89.2 Å². The third-order valence-electron chi connectivity index (χ3n) is 18.0. The minimum atomic E-state index is -0.439. The number of rotatable bonds is 10. The van der Waals surface area contributed by atoms with Gasteiger partial charge in [0.2, 0.25) is 0 Å². The van der Waals surface area contributed by atoms with Crippen LogP contribution in [-0.4, -0.2) is 14.1 Å². The summed E-state index contributed by atoms with van der Waals surface area (Å²) < 4.78 is 13.2. The Kier molecular flexibility index (Phi) is 15.5. The Morgan fingerprint density at radius 2 is 0.894 bits per heavy atom. The van der Waals surface area contributed by atoms with E-state index in [-0.39, 0.29) is 5.41 Å². The van der Waals surface area contributed by atoms with Crippen molar-refractivity contribution in [3.63, 3.8) is 0 Å². The molecular formula is C87H69N5OPt-2. The predicted octanol–water partition coefficient (Wildman–Crippen LogP) is 23.4. The van der Waals surface area contributed by atoms with E-state index in [4.69, 9.17) is 9.72 Å². The quantitative estimate of drug-likeness (QED) is 0.128. The second-order valence-corrected chi connectivity index (χ2v) is 27.2. The van der Waals surface area contributed by atoms with Crippen LogP contribution >= 0.6 is 0 Å². The van der Waals surface area contributed by atoms with Crippen LogP contribution in [-0.2, 0) is 30.2 Å². The third kappa shape index (κ3) is 11.0. The first kappa shape index (κ1) is 59.6. The molecule has 0 saturated heterocycles. The Balaban J connectivity index is 0.958. The van der Waals surface area contributed by atoms with Gasteiger partial charge < -0.3 is 4.90 Å². The van der Waals surface area contributed by atoms with Crippen LogP contribution in [0.1, 0.15) is 58.2 Å². The fourth-order valence-corrected chi connectivity index (χ4v) is 14.4. The van der Waals surface area contributed by atoms with E-state index in [2.05, 4.69) is 378 Å². The third-order valence-corrected chi connectivity index (χ3v) is 19.0. The number of benzene rings is 12. The molecule has 1 aliphatic heterocycles. The normalized spacial score (nSPS) is 12.2.